The van der Waals surface area contributed by atoms with Crippen molar-refractivity contribution in [2.75, 3.05) is 31.6 Å². The molecule has 144 valence electrons. The SMILES string of the molecule is O=C1COc2ccc(C(=O)CN3CC4CC(C3)c3cccc(=O)n3C4)cc2N1. The van der Waals surface area contributed by atoms with E-state index < -0.39 is 0 Å². The molecule has 1 fully saturated rings. The number of anilines is 1. The number of piperidine rings is 1. The number of carbonyl (C=O) groups excluding carboxylic acids is 2. The van der Waals surface area contributed by atoms with Crippen LogP contribution in [0.2, 0.25) is 0 Å². The van der Waals surface area contributed by atoms with Crippen LogP contribution in [0.15, 0.2) is 41.2 Å². The number of nitrogens with zero attached hydrogens (tertiary/aromatic N) is 2. The average Bonchev–Trinajstić information content (AvgIpc) is 2.68. The van der Waals surface area contributed by atoms with Gasteiger partial charge in [-0.3, -0.25) is 19.3 Å². The topological polar surface area (TPSA) is 80.6 Å². The Hall–Kier alpha value is -2.93. The summed E-state index contributed by atoms with van der Waals surface area (Å²) in [5.41, 5.74) is 2.26. The second-order valence-corrected chi connectivity index (χ2v) is 7.86. The lowest BCUT2D eigenvalue weighted by atomic mass is 9.83. The Labute approximate surface area is 161 Å². The van der Waals surface area contributed by atoms with Crippen LogP contribution in [0.4, 0.5) is 5.69 Å². The number of amides is 1. The van der Waals surface area contributed by atoms with Crippen molar-refractivity contribution in [2.24, 2.45) is 5.92 Å². The molecule has 3 aliphatic heterocycles. The van der Waals surface area contributed by atoms with Gasteiger partial charge in [0, 0.05) is 42.9 Å². The average molecular weight is 379 g/mol. The predicted octanol–water partition coefficient (Wildman–Crippen LogP) is 1.48. The number of pyridine rings is 1. The lowest BCUT2D eigenvalue weighted by Crippen LogP contribution is -2.48. The number of ether oxygens (including phenoxy) is 1. The van der Waals surface area contributed by atoms with Crippen LogP contribution in [-0.2, 0) is 11.3 Å². The van der Waals surface area contributed by atoms with Gasteiger partial charge in [0.2, 0.25) is 0 Å². The van der Waals surface area contributed by atoms with Crippen LogP contribution in [0.25, 0.3) is 0 Å². The number of likely N-dealkylation sites (tertiary alicyclic amines) is 1. The van der Waals surface area contributed by atoms with Gasteiger partial charge in [0.15, 0.2) is 12.4 Å². The second kappa shape index (κ2) is 6.60. The first-order valence-corrected chi connectivity index (χ1v) is 9.59. The van der Waals surface area contributed by atoms with Crippen LogP contribution >= 0.6 is 0 Å². The Bertz CT molecular complexity index is 1030. The summed E-state index contributed by atoms with van der Waals surface area (Å²) in [5.74, 6) is 1.06. The molecule has 3 aliphatic rings. The van der Waals surface area contributed by atoms with Gasteiger partial charge in [-0.2, -0.15) is 0 Å². The van der Waals surface area contributed by atoms with Crippen molar-refractivity contribution in [3.8, 4) is 5.75 Å². The Balaban J connectivity index is 1.32. The molecule has 1 aromatic carbocycles. The zero-order valence-electron chi connectivity index (χ0n) is 15.4. The molecular formula is C21H21N3O4. The molecule has 2 aromatic rings. The van der Waals surface area contributed by atoms with E-state index in [1.165, 1.54) is 0 Å². The molecule has 7 heteroatoms. The summed E-state index contributed by atoms with van der Waals surface area (Å²) < 4.78 is 7.25. The number of nitrogens with one attached hydrogen (secondary N) is 1. The number of aromatic nitrogens is 1. The van der Waals surface area contributed by atoms with E-state index in [4.69, 9.17) is 4.74 Å². The standard InChI is InChI=1S/C21H21N3O4/c25-18(14-4-5-19-16(7-14)22-20(26)12-28-19)11-23-8-13-6-15(10-23)17-2-1-3-21(27)24(17)9-13/h1-5,7,13,15H,6,8-12H2,(H,22,26). The van der Waals surface area contributed by atoms with Gasteiger partial charge in [0.05, 0.1) is 12.2 Å². The molecule has 1 amide bonds. The minimum atomic E-state index is -0.213. The van der Waals surface area contributed by atoms with E-state index in [2.05, 4.69) is 10.2 Å². The van der Waals surface area contributed by atoms with Crippen molar-refractivity contribution in [1.82, 2.24) is 9.47 Å². The Morgan fingerprint density at radius 3 is 2.93 bits per heavy atom. The summed E-state index contributed by atoms with van der Waals surface area (Å²) >= 11 is 0. The molecule has 1 aromatic heterocycles. The van der Waals surface area contributed by atoms with Crippen molar-refractivity contribution >= 4 is 17.4 Å². The van der Waals surface area contributed by atoms with Crippen molar-refractivity contribution in [2.45, 2.75) is 18.9 Å². The van der Waals surface area contributed by atoms with Gasteiger partial charge < -0.3 is 14.6 Å². The number of fused-ring (bicyclic) bond motifs is 5. The van der Waals surface area contributed by atoms with Crippen LogP contribution in [-0.4, -0.2) is 47.4 Å². The first-order valence-electron chi connectivity index (χ1n) is 9.59. The van der Waals surface area contributed by atoms with E-state index in [0.29, 0.717) is 29.5 Å². The largest absolute Gasteiger partial charge is 0.482 e. The summed E-state index contributed by atoms with van der Waals surface area (Å²) in [7, 11) is 0. The molecule has 2 atom stereocenters. The lowest BCUT2D eigenvalue weighted by Gasteiger charge is -2.42. The lowest BCUT2D eigenvalue weighted by molar-refractivity contribution is -0.118. The summed E-state index contributed by atoms with van der Waals surface area (Å²) in [6.45, 7) is 2.64. The van der Waals surface area contributed by atoms with E-state index in [1.807, 2.05) is 16.7 Å². The second-order valence-electron chi connectivity index (χ2n) is 7.86. The van der Waals surface area contributed by atoms with Crippen molar-refractivity contribution < 1.29 is 14.3 Å². The van der Waals surface area contributed by atoms with Gasteiger partial charge in [-0.25, -0.2) is 0 Å². The van der Waals surface area contributed by atoms with Crippen molar-refractivity contribution in [3.05, 3.63) is 58.0 Å². The zero-order chi connectivity index (χ0) is 19.3. The zero-order valence-corrected chi connectivity index (χ0v) is 15.4. The predicted molar refractivity (Wildman–Crippen MR) is 103 cm³/mol. The van der Waals surface area contributed by atoms with Gasteiger partial charge in [-0.05, 0) is 36.6 Å². The molecule has 0 saturated carbocycles. The third-order valence-corrected chi connectivity index (χ3v) is 5.86. The molecule has 5 rings (SSSR count). The Morgan fingerprint density at radius 1 is 1.14 bits per heavy atom. The van der Waals surface area contributed by atoms with E-state index in [0.717, 1.165) is 31.7 Å². The number of hydrogen-bond acceptors (Lipinski definition) is 5. The van der Waals surface area contributed by atoms with E-state index in [1.54, 1.807) is 24.3 Å². The number of Topliss-reactive ketones (excluding diaryl/α,β-unsaturated/α-hetero) is 1. The number of benzene rings is 1. The minimum absolute atomic E-state index is 0.00140. The van der Waals surface area contributed by atoms with Gasteiger partial charge in [0.25, 0.3) is 11.5 Å². The molecule has 2 unspecified atom stereocenters. The fourth-order valence-electron chi connectivity index (χ4n) is 4.68. The highest BCUT2D eigenvalue weighted by molar-refractivity contribution is 6.01. The van der Waals surface area contributed by atoms with Crippen LogP contribution < -0.4 is 15.6 Å². The monoisotopic (exact) mass is 379 g/mol. The third-order valence-electron chi connectivity index (χ3n) is 5.86. The normalized spacial score (nSPS) is 23.2. The summed E-state index contributed by atoms with van der Waals surface area (Å²) in [6.07, 6.45) is 1.07. The molecule has 1 saturated heterocycles. The minimum Gasteiger partial charge on any atom is -0.482 e. The van der Waals surface area contributed by atoms with Gasteiger partial charge >= 0.3 is 0 Å². The fourth-order valence-corrected chi connectivity index (χ4v) is 4.68. The van der Waals surface area contributed by atoms with Crippen LogP contribution in [0.1, 0.15) is 28.4 Å². The van der Waals surface area contributed by atoms with E-state index in [-0.39, 0.29) is 29.8 Å². The Morgan fingerprint density at radius 2 is 2.04 bits per heavy atom. The molecule has 0 spiro atoms. The smallest absolute Gasteiger partial charge is 0.262 e. The molecule has 4 heterocycles. The highest BCUT2D eigenvalue weighted by atomic mass is 16.5. The van der Waals surface area contributed by atoms with Crippen molar-refractivity contribution in [1.29, 1.82) is 0 Å². The number of hydrogen-bond donors (Lipinski definition) is 1. The van der Waals surface area contributed by atoms with Crippen LogP contribution in [0, 0.1) is 5.92 Å². The molecular weight excluding hydrogens is 358 g/mol. The molecule has 0 aliphatic carbocycles. The first-order chi connectivity index (χ1) is 13.6. The van der Waals surface area contributed by atoms with Crippen LogP contribution in [0.3, 0.4) is 0 Å². The van der Waals surface area contributed by atoms with Crippen molar-refractivity contribution in [3.63, 3.8) is 0 Å². The number of carbonyl (C=O) groups is 2. The van der Waals surface area contributed by atoms with E-state index >= 15 is 0 Å². The highest BCUT2D eigenvalue weighted by Crippen LogP contribution is 2.35. The maximum atomic E-state index is 12.8. The summed E-state index contributed by atoms with van der Waals surface area (Å²) in [6, 6.07) is 10.6. The van der Waals surface area contributed by atoms with Gasteiger partial charge in [-0.1, -0.05) is 6.07 Å². The third kappa shape index (κ3) is 3.01. The molecule has 7 nitrogen and oxygen atoms in total. The molecule has 1 N–H and O–H groups in total. The maximum Gasteiger partial charge on any atom is 0.262 e. The molecule has 0 radical (unpaired) electrons. The molecule has 2 bridgehead atoms. The fraction of sp³-hybridized carbons (Fsp3) is 0.381. The van der Waals surface area contributed by atoms with Gasteiger partial charge in [0.1, 0.15) is 5.75 Å². The highest BCUT2D eigenvalue weighted by Gasteiger charge is 2.35. The quantitative estimate of drug-likeness (QED) is 0.817. The number of ketones is 1. The molecule has 28 heavy (non-hydrogen) atoms. The first kappa shape index (κ1) is 17.2. The number of rotatable bonds is 3. The maximum absolute atomic E-state index is 12.8. The summed E-state index contributed by atoms with van der Waals surface area (Å²) in [5, 5.41) is 2.75. The van der Waals surface area contributed by atoms with E-state index in [9.17, 15) is 14.4 Å². The summed E-state index contributed by atoms with van der Waals surface area (Å²) in [4.78, 5) is 38.7. The van der Waals surface area contributed by atoms with Gasteiger partial charge in [-0.15, -0.1) is 0 Å². The Kier molecular flexibility index (Phi) is 4.05. The van der Waals surface area contributed by atoms with Crippen LogP contribution in [0.5, 0.6) is 5.75 Å².